The van der Waals surface area contributed by atoms with E-state index in [1.807, 2.05) is 37.3 Å². The number of ether oxygens (including phenoxy) is 1. The van der Waals surface area contributed by atoms with E-state index in [1.165, 1.54) is 16.7 Å². The SMILES string of the molecule is Cc1cc(Cn2c(C)c(O)n(-c3ccc(OC(F)(F)F)cc3)c2=O)c2ccccc2n1. The van der Waals surface area contributed by atoms with Gasteiger partial charge in [0.2, 0.25) is 5.88 Å². The first-order valence-corrected chi connectivity index (χ1v) is 9.36. The summed E-state index contributed by atoms with van der Waals surface area (Å²) >= 11 is 0. The molecule has 2 aromatic heterocycles. The minimum Gasteiger partial charge on any atom is -0.493 e. The lowest BCUT2D eigenvalue weighted by Gasteiger charge is -2.10. The summed E-state index contributed by atoms with van der Waals surface area (Å²) in [6.45, 7) is 3.66. The number of aryl methyl sites for hydroxylation is 1. The molecule has 0 aliphatic carbocycles. The van der Waals surface area contributed by atoms with Crippen LogP contribution in [0.3, 0.4) is 0 Å². The van der Waals surface area contributed by atoms with Gasteiger partial charge in [-0.25, -0.2) is 9.36 Å². The van der Waals surface area contributed by atoms with Crippen LogP contribution in [-0.2, 0) is 6.54 Å². The Morgan fingerprint density at radius 1 is 1.06 bits per heavy atom. The van der Waals surface area contributed by atoms with Crippen LogP contribution in [0.1, 0.15) is 17.0 Å². The van der Waals surface area contributed by atoms with Crippen LogP contribution in [0.2, 0.25) is 0 Å². The molecule has 2 heterocycles. The molecule has 0 unspecified atom stereocenters. The molecular formula is C22H18F3N3O3. The van der Waals surface area contributed by atoms with Gasteiger partial charge >= 0.3 is 12.1 Å². The molecular weight excluding hydrogens is 411 g/mol. The molecule has 0 spiro atoms. The van der Waals surface area contributed by atoms with Gasteiger partial charge in [0, 0.05) is 11.1 Å². The van der Waals surface area contributed by atoms with E-state index in [4.69, 9.17) is 0 Å². The van der Waals surface area contributed by atoms with Crippen molar-refractivity contribution >= 4 is 10.9 Å². The largest absolute Gasteiger partial charge is 0.573 e. The number of hydrogen-bond donors (Lipinski definition) is 1. The number of alkyl halides is 3. The summed E-state index contributed by atoms with van der Waals surface area (Å²) in [5.41, 5.74) is 2.49. The van der Waals surface area contributed by atoms with E-state index in [1.54, 1.807) is 6.92 Å². The van der Waals surface area contributed by atoms with E-state index in [-0.39, 0.29) is 18.1 Å². The van der Waals surface area contributed by atoms with Gasteiger partial charge in [-0.3, -0.25) is 9.55 Å². The Hall–Kier alpha value is -3.75. The van der Waals surface area contributed by atoms with Crippen molar-refractivity contribution in [3.05, 3.63) is 82.0 Å². The van der Waals surface area contributed by atoms with Crippen LogP contribution in [0, 0.1) is 13.8 Å². The van der Waals surface area contributed by atoms with Gasteiger partial charge in [0.25, 0.3) is 0 Å². The van der Waals surface area contributed by atoms with Crippen LogP contribution >= 0.6 is 0 Å². The van der Waals surface area contributed by atoms with Gasteiger partial charge in [-0.2, -0.15) is 0 Å². The highest BCUT2D eigenvalue weighted by Gasteiger charge is 2.31. The maximum Gasteiger partial charge on any atom is 0.573 e. The molecule has 2 aromatic carbocycles. The van der Waals surface area contributed by atoms with Crippen molar-refractivity contribution in [2.45, 2.75) is 26.8 Å². The molecule has 9 heteroatoms. The van der Waals surface area contributed by atoms with Crippen LogP contribution < -0.4 is 10.4 Å². The maximum atomic E-state index is 13.1. The first-order chi connectivity index (χ1) is 14.6. The van der Waals surface area contributed by atoms with Crippen molar-refractivity contribution in [2.24, 2.45) is 0 Å². The van der Waals surface area contributed by atoms with E-state index in [2.05, 4.69) is 9.72 Å². The Labute approximate surface area is 174 Å². The molecule has 0 saturated carbocycles. The number of imidazole rings is 1. The molecule has 0 aliphatic rings. The molecule has 6 nitrogen and oxygen atoms in total. The number of halogens is 3. The van der Waals surface area contributed by atoms with Crippen molar-refractivity contribution in [2.75, 3.05) is 0 Å². The van der Waals surface area contributed by atoms with Gasteiger partial charge in [-0.1, -0.05) is 18.2 Å². The molecule has 0 atom stereocenters. The second-order valence-electron chi connectivity index (χ2n) is 7.09. The fourth-order valence-electron chi connectivity index (χ4n) is 3.55. The zero-order valence-electron chi connectivity index (χ0n) is 16.6. The molecule has 0 radical (unpaired) electrons. The zero-order chi connectivity index (χ0) is 22.3. The molecule has 0 saturated heterocycles. The predicted octanol–water partition coefficient (Wildman–Crippen LogP) is 4.46. The highest BCUT2D eigenvalue weighted by molar-refractivity contribution is 5.82. The molecule has 0 bridgehead atoms. The zero-order valence-corrected chi connectivity index (χ0v) is 16.6. The van der Waals surface area contributed by atoms with Gasteiger partial charge in [0.1, 0.15) is 5.75 Å². The number of rotatable bonds is 4. The average molecular weight is 429 g/mol. The molecule has 1 N–H and O–H groups in total. The number of aromatic nitrogens is 3. The second kappa shape index (κ2) is 7.50. The van der Waals surface area contributed by atoms with Crippen LogP contribution in [0.15, 0.2) is 59.4 Å². The first kappa shape index (κ1) is 20.5. The minimum absolute atomic E-state index is 0.199. The van der Waals surface area contributed by atoms with Crippen molar-refractivity contribution in [3.8, 4) is 17.3 Å². The number of nitrogens with zero attached hydrogens (tertiary/aromatic N) is 3. The Morgan fingerprint density at radius 2 is 1.74 bits per heavy atom. The van der Waals surface area contributed by atoms with Crippen LogP contribution in [-0.4, -0.2) is 25.6 Å². The number of para-hydroxylation sites is 1. The Bertz CT molecular complexity index is 1320. The molecule has 0 amide bonds. The minimum atomic E-state index is -4.81. The highest BCUT2D eigenvalue weighted by atomic mass is 19.4. The monoisotopic (exact) mass is 429 g/mol. The smallest absolute Gasteiger partial charge is 0.493 e. The quantitative estimate of drug-likeness (QED) is 0.520. The topological polar surface area (TPSA) is 69.3 Å². The van der Waals surface area contributed by atoms with Crippen molar-refractivity contribution in [1.29, 1.82) is 0 Å². The Kier molecular flexibility index (Phi) is 4.96. The lowest BCUT2D eigenvalue weighted by Crippen LogP contribution is -2.24. The third-order valence-electron chi connectivity index (χ3n) is 4.95. The Balaban J connectivity index is 1.75. The average Bonchev–Trinajstić information content (AvgIpc) is 2.91. The number of hydrogen-bond acceptors (Lipinski definition) is 4. The van der Waals surface area contributed by atoms with E-state index in [0.717, 1.165) is 38.9 Å². The highest BCUT2D eigenvalue weighted by Crippen LogP contribution is 2.26. The summed E-state index contributed by atoms with van der Waals surface area (Å²) in [7, 11) is 0. The molecule has 31 heavy (non-hydrogen) atoms. The molecule has 0 aliphatic heterocycles. The first-order valence-electron chi connectivity index (χ1n) is 9.36. The molecule has 4 rings (SSSR count). The maximum absolute atomic E-state index is 13.1. The van der Waals surface area contributed by atoms with Gasteiger partial charge in [0.05, 0.1) is 23.4 Å². The third kappa shape index (κ3) is 3.98. The molecule has 0 fully saturated rings. The summed E-state index contributed by atoms with van der Waals surface area (Å²) in [6, 6.07) is 14.2. The molecule has 160 valence electrons. The Morgan fingerprint density at radius 3 is 2.42 bits per heavy atom. The standard InChI is InChI=1S/C22H18F3N3O3/c1-13-11-15(18-5-3-4-6-19(18)26-13)12-27-14(2)20(29)28(21(27)30)16-7-9-17(10-8-16)31-22(23,24)25/h3-11,29H,12H2,1-2H3. The predicted molar refractivity (Wildman–Crippen MR) is 109 cm³/mol. The fraction of sp³-hybridized carbons (Fsp3) is 0.182. The van der Waals surface area contributed by atoms with Crippen molar-refractivity contribution < 1.29 is 23.0 Å². The lowest BCUT2D eigenvalue weighted by atomic mass is 10.1. The van der Waals surface area contributed by atoms with E-state index in [0.29, 0.717) is 5.69 Å². The summed E-state index contributed by atoms with van der Waals surface area (Å²) in [4.78, 5) is 17.6. The van der Waals surface area contributed by atoms with Gasteiger partial charge in [-0.05, 0) is 55.8 Å². The van der Waals surface area contributed by atoms with Crippen molar-refractivity contribution in [3.63, 3.8) is 0 Å². The third-order valence-corrected chi connectivity index (χ3v) is 4.95. The van der Waals surface area contributed by atoms with E-state index >= 15 is 0 Å². The second-order valence-corrected chi connectivity index (χ2v) is 7.09. The number of pyridine rings is 1. The van der Waals surface area contributed by atoms with Crippen LogP contribution in [0.5, 0.6) is 11.6 Å². The van der Waals surface area contributed by atoms with Gasteiger partial charge < -0.3 is 9.84 Å². The number of benzene rings is 2. The number of aromatic hydroxyl groups is 1. The van der Waals surface area contributed by atoms with Crippen LogP contribution in [0.25, 0.3) is 16.6 Å². The lowest BCUT2D eigenvalue weighted by molar-refractivity contribution is -0.274. The normalized spacial score (nSPS) is 11.8. The summed E-state index contributed by atoms with van der Waals surface area (Å²) < 4.78 is 43.4. The van der Waals surface area contributed by atoms with E-state index in [9.17, 15) is 23.1 Å². The molecule has 4 aromatic rings. The summed E-state index contributed by atoms with van der Waals surface area (Å²) in [6.07, 6.45) is -4.81. The van der Waals surface area contributed by atoms with Gasteiger partial charge in [0.15, 0.2) is 0 Å². The summed E-state index contributed by atoms with van der Waals surface area (Å²) in [5.74, 6) is -0.705. The summed E-state index contributed by atoms with van der Waals surface area (Å²) in [5, 5.41) is 11.5. The van der Waals surface area contributed by atoms with Crippen molar-refractivity contribution in [1.82, 2.24) is 14.1 Å². The van der Waals surface area contributed by atoms with Crippen LogP contribution in [0.4, 0.5) is 13.2 Å². The van der Waals surface area contributed by atoms with Gasteiger partial charge in [-0.15, -0.1) is 13.2 Å². The fourth-order valence-corrected chi connectivity index (χ4v) is 3.55. The number of fused-ring (bicyclic) bond motifs is 1. The van der Waals surface area contributed by atoms with E-state index < -0.39 is 17.8 Å².